The molecule has 0 spiro atoms. The number of aliphatic carboxylic acids is 1. The number of carbonyl (C=O) groups is 1. The Labute approximate surface area is 231 Å². The maximum absolute atomic E-state index is 9.25. The second kappa shape index (κ2) is 16.6. The molecule has 9 heteroatoms. The molecule has 6 nitrogen and oxygen atoms in total. The summed E-state index contributed by atoms with van der Waals surface area (Å²) in [7, 11) is -2.36. The Morgan fingerprint density at radius 2 is 1.45 bits per heavy atom. The van der Waals surface area contributed by atoms with Gasteiger partial charge in [-0.3, -0.25) is 0 Å². The predicted molar refractivity (Wildman–Crippen MR) is 161 cm³/mol. The van der Waals surface area contributed by atoms with Gasteiger partial charge in [-0.1, -0.05) is 79.4 Å². The molecule has 0 saturated carbocycles. The molecule has 0 atom stereocenters. The molecular formula is C29H38O6Si3. The number of carboxylic acids is 1. The second-order valence-corrected chi connectivity index (χ2v) is 16.7. The van der Waals surface area contributed by atoms with Crippen molar-refractivity contribution in [2.45, 2.75) is 32.6 Å². The van der Waals surface area contributed by atoms with Gasteiger partial charge in [-0.15, -0.1) is 6.58 Å². The van der Waals surface area contributed by atoms with Gasteiger partial charge in [0, 0.05) is 6.08 Å². The van der Waals surface area contributed by atoms with Crippen LogP contribution in [0.5, 0.6) is 11.5 Å². The number of aromatic hydroxyl groups is 1. The zero-order valence-electron chi connectivity index (χ0n) is 22.8. The van der Waals surface area contributed by atoms with Crippen molar-refractivity contribution in [1.29, 1.82) is 0 Å². The summed E-state index contributed by atoms with van der Waals surface area (Å²) in [6.07, 6.45) is 3.43. The summed E-state index contributed by atoms with van der Waals surface area (Å²) >= 11 is 0. The van der Waals surface area contributed by atoms with Gasteiger partial charge in [0.1, 0.15) is 0 Å². The van der Waals surface area contributed by atoms with E-state index in [1.54, 1.807) is 12.1 Å². The van der Waals surface area contributed by atoms with Gasteiger partial charge in [0.15, 0.2) is 11.5 Å². The monoisotopic (exact) mass is 566 g/mol. The lowest BCUT2D eigenvalue weighted by atomic mass is 10.1. The van der Waals surface area contributed by atoms with Crippen molar-refractivity contribution < 1.29 is 28.0 Å². The fraction of sp³-hybridized carbons (Fsp3) is 0.207. The van der Waals surface area contributed by atoms with E-state index < -0.39 is 22.8 Å². The molecule has 2 N–H and O–H groups in total. The maximum Gasteiger partial charge on any atom is 0.327 e. The lowest BCUT2D eigenvalue weighted by Gasteiger charge is -2.36. The number of carboxylic acid groups (broad SMARTS) is 1. The van der Waals surface area contributed by atoms with Crippen LogP contribution in [0.25, 0.3) is 0 Å². The molecule has 0 bridgehead atoms. The third-order valence-corrected chi connectivity index (χ3v) is 14.5. The highest BCUT2D eigenvalue weighted by atomic mass is 28.5. The van der Waals surface area contributed by atoms with E-state index in [1.807, 2.05) is 12.1 Å². The molecule has 0 aliphatic carbocycles. The Hall–Kier alpha value is -3.22. The number of phenols is 1. The van der Waals surface area contributed by atoms with E-state index in [9.17, 15) is 9.90 Å². The summed E-state index contributed by atoms with van der Waals surface area (Å²) in [6, 6.07) is 26.4. The molecule has 0 fully saturated rings. The zero-order chi connectivity index (χ0) is 28.6. The number of hydrogen-bond acceptors (Lipinski definition) is 5. The highest BCUT2D eigenvalue weighted by molar-refractivity contribution is 7.01. The summed E-state index contributed by atoms with van der Waals surface area (Å²) in [5.41, 5.74) is 1.08. The van der Waals surface area contributed by atoms with Crippen molar-refractivity contribution >= 4 is 43.0 Å². The van der Waals surface area contributed by atoms with Crippen LogP contribution in [0.3, 0.4) is 0 Å². The highest BCUT2D eigenvalue weighted by Gasteiger charge is 2.41. The molecule has 0 aliphatic rings. The van der Waals surface area contributed by atoms with E-state index in [0.29, 0.717) is 15.5 Å². The van der Waals surface area contributed by atoms with Crippen LogP contribution in [0.2, 0.25) is 26.2 Å². The van der Waals surface area contributed by atoms with Gasteiger partial charge in [0.25, 0.3) is 0 Å². The molecule has 2 radical (unpaired) electrons. The lowest BCUT2D eigenvalue weighted by Crippen LogP contribution is -2.63. The maximum atomic E-state index is 9.25. The number of benzene rings is 3. The van der Waals surface area contributed by atoms with E-state index in [0.717, 1.165) is 18.1 Å². The molecular weight excluding hydrogens is 529 g/mol. The summed E-state index contributed by atoms with van der Waals surface area (Å²) in [6.45, 7) is 15.2. The van der Waals surface area contributed by atoms with E-state index in [2.05, 4.69) is 100 Å². The summed E-state index contributed by atoms with van der Waals surface area (Å²) in [5.74, 6) is -0.301. The number of allylic oxidation sites excluding steroid dienone is 1. The van der Waals surface area contributed by atoms with Crippen molar-refractivity contribution in [3.8, 4) is 11.5 Å². The minimum atomic E-state index is -2.23. The fourth-order valence-electron chi connectivity index (χ4n) is 3.57. The molecule has 0 unspecified atom stereocenters. The molecule has 3 rings (SSSR count). The van der Waals surface area contributed by atoms with Gasteiger partial charge in [-0.05, 0) is 60.7 Å². The molecule has 3 aromatic rings. The first-order valence-electron chi connectivity index (χ1n) is 12.0. The number of rotatable bonds is 10. The van der Waals surface area contributed by atoms with Gasteiger partial charge in [-0.25, -0.2) is 4.79 Å². The van der Waals surface area contributed by atoms with Crippen LogP contribution in [-0.2, 0) is 19.4 Å². The predicted octanol–water partition coefficient (Wildman–Crippen LogP) is 5.16. The topological polar surface area (TPSA) is 85.2 Å². The average molecular weight is 567 g/mol. The van der Waals surface area contributed by atoms with Crippen LogP contribution in [0.4, 0.5) is 0 Å². The Morgan fingerprint density at radius 1 is 0.947 bits per heavy atom. The number of hydrogen-bond donors (Lipinski definition) is 2. The third-order valence-electron chi connectivity index (χ3n) is 5.25. The molecule has 38 heavy (non-hydrogen) atoms. The largest absolute Gasteiger partial charge is 0.504 e. The van der Waals surface area contributed by atoms with Crippen LogP contribution in [-0.4, -0.2) is 49.9 Å². The van der Waals surface area contributed by atoms with Gasteiger partial charge >= 0.3 is 14.5 Å². The minimum absolute atomic E-state index is 0.172. The first-order chi connectivity index (χ1) is 18.0. The van der Waals surface area contributed by atoms with Crippen LogP contribution < -0.4 is 15.1 Å². The number of ether oxygens (including phenoxy) is 1. The average Bonchev–Trinajstić information content (AvgIpc) is 2.91. The van der Waals surface area contributed by atoms with Gasteiger partial charge in [0.05, 0.1) is 7.11 Å². The second-order valence-electron chi connectivity index (χ2n) is 8.61. The highest BCUT2D eigenvalue weighted by Crippen LogP contribution is 2.26. The van der Waals surface area contributed by atoms with E-state index >= 15 is 0 Å². The normalized spacial score (nSPS) is 10.7. The molecule has 202 valence electrons. The van der Waals surface area contributed by atoms with Crippen molar-refractivity contribution in [3.05, 3.63) is 110 Å². The molecule has 0 aliphatic heterocycles. The smallest absolute Gasteiger partial charge is 0.327 e. The fourth-order valence-corrected chi connectivity index (χ4v) is 12.9. The number of methoxy groups -OCH3 is 1. The van der Waals surface area contributed by atoms with Crippen molar-refractivity contribution in [2.75, 3.05) is 7.11 Å². The lowest BCUT2D eigenvalue weighted by molar-refractivity contribution is -0.131. The van der Waals surface area contributed by atoms with Crippen molar-refractivity contribution in [2.24, 2.45) is 0 Å². The Morgan fingerprint density at radius 3 is 1.84 bits per heavy atom. The van der Waals surface area contributed by atoms with Crippen LogP contribution >= 0.6 is 0 Å². The molecule has 0 aromatic heterocycles. The van der Waals surface area contributed by atoms with Gasteiger partial charge in [0.2, 0.25) is 18.1 Å². The van der Waals surface area contributed by atoms with Gasteiger partial charge < -0.3 is 23.2 Å². The Kier molecular flexibility index (Phi) is 14.3. The van der Waals surface area contributed by atoms with Crippen LogP contribution in [0.1, 0.15) is 5.56 Å². The standard InChI is InChI=1S/C16H22O2Si3.C10H12O2.C3H4O2/c1-19-17-20(2,3)18-21(4,15-11-7-5-8-12-15)16-13-9-6-10-14-16;1-3-4-8-5-6-9(11)10(7-8)12-2;1-2-3(4)5/h5-14H,1-4H3;3,5-7,11H,1,4H2,2H3;2H,1H2,(H,4,5). The first-order valence-corrected chi connectivity index (χ1v) is 18.6. The SMILES string of the molecule is C=CC(=O)O.C=CCc1ccc(O)c(OC)c1.C[Si]O[Si](C)(C)O[Si](C)(c1ccccc1)c1ccccc1. The summed E-state index contributed by atoms with van der Waals surface area (Å²) < 4.78 is 17.6. The minimum Gasteiger partial charge on any atom is -0.504 e. The molecule has 0 saturated heterocycles. The first kappa shape index (κ1) is 32.8. The third kappa shape index (κ3) is 11.0. The van der Waals surface area contributed by atoms with E-state index in [1.165, 1.54) is 17.5 Å². The molecule has 3 aromatic carbocycles. The molecule has 0 amide bonds. The quantitative estimate of drug-likeness (QED) is 0.200. The van der Waals surface area contributed by atoms with Gasteiger partial charge in [-0.2, -0.15) is 0 Å². The Balaban J connectivity index is 0.000000357. The zero-order valence-corrected chi connectivity index (χ0v) is 25.8. The summed E-state index contributed by atoms with van der Waals surface area (Å²) in [4.78, 5) is 9.25. The van der Waals surface area contributed by atoms with Crippen LogP contribution in [0.15, 0.2) is 104 Å². The van der Waals surface area contributed by atoms with E-state index in [4.69, 9.17) is 18.1 Å². The number of phenolic OH excluding ortho intramolecular Hbond substituents is 1. The van der Waals surface area contributed by atoms with Crippen molar-refractivity contribution in [1.82, 2.24) is 0 Å². The Bertz CT molecular complexity index is 1100. The molecule has 0 heterocycles. The van der Waals surface area contributed by atoms with Crippen molar-refractivity contribution in [3.63, 3.8) is 0 Å². The summed E-state index contributed by atoms with van der Waals surface area (Å²) in [5, 5.41) is 19.4. The van der Waals surface area contributed by atoms with Crippen LogP contribution in [0, 0.1) is 0 Å². The van der Waals surface area contributed by atoms with E-state index in [-0.39, 0.29) is 5.75 Å².